The summed E-state index contributed by atoms with van der Waals surface area (Å²) in [6.45, 7) is 8.72. The molecule has 1 aliphatic rings. The molecule has 1 rings (SSSR count). The Morgan fingerprint density at radius 3 is 2.20 bits per heavy atom. The summed E-state index contributed by atoms with van der Waals surface area (Å²) in [5, 5.41) is 0. The summed E-state index contributed by atoms with van der Waals surface area (Å²) in [5.74, 6) is 0.681. The summed E-state index contributed by atoms with van der Waals surface area (Å²) in [6.07, 6.45) is 5.06. The molecule has 0 atom stereocenters. The van der Waals surface area contributed by atoms with E-state index in [9.17, 15) is 0 Å². The maximum absolute atomic E-state index is 6.21. The van der Waals surface area contributed by atoms with E-state index in [1.165, 1.54) is 12.8 Å². The van der Waals surface area contributed by atoms with Gasteiger partial charge in [-0.25, -0.2) is 0 Å². The number of rotatable bonds is 8. The van der Waals surface area contributed by atoms with Crippen LogP contribution < -0.4 is 5.73 Å². The minimum absolute atomic E-state index is 0.190. The van der Waals surface area contributed by atoms with E-state index in [2.05, 4.69) is 37.7 Å². The van der Waals surface area contributed by atoms with Gasteiger partial charge in [-0.3, -0.25) is 4.90 Å². The van der Waals surface area contributed by atoms with Crippen LogP contribution in [-0.2, 0) is 4.74 Å². The Morgan fingerprint density at radius 2 is 1.80 bits per heavy atom. The standard InChI is InChI=1S/C16H35N3O/c1-14(2)12-19(11-10-18(3)4)16(13-17)8-6-15(20-5)7-9-16/h14-15H,6-13,17H2,1-5H3. The first-order chi connectivity index (χ1) is 9.43. The first-order valence-corrected chi connectivity index (χ1v) is 8.06. The number of ether oxygens (including phenoxy) is 1. The van der Waals surface area contributed by atoms with E-state index in [1.807, 2.05) is 7.11 Å². The fourth-order valence-electron chi connectivity index (χ4n) is 3.30. The van der Waals surface area contributed by atoms with Crippen LogP contribution in [0.25, 0.3) is 0 Å². The molecular formula is C16H35N3O. The van der Waals surface area contributed by atoms with Gasteiger partial charge < -0.3 is 15.4 Å². The largest absolute Gasteiger partial charge is 0.381 e. The maximum Gasteiger partial charge on any atom is 0.0572 e. The van der Waals surface area contributed by atoms with Gasteiger partial charge in [-0.15, -0.1) is 0 Å². The first kappa shape index (κ1) is 17.9. The molecule has 0 aromatic heterocycles. The van der Waals surface area contributed by atoms with Crippen molar-refractivity contribution in [3.63, 3.8) is 0 Å². The van der Waals surface area contributed by atoms with Crippen molar-refractivity contribution >= 4 is 0 Å². The molecule has 1 saturated carbocycles. The molecule has 4 heteroatoms. The summed E-state index contributed by atoms with van der Waals surface area (Å²) in [6, 6.07) is 0. The number of likely N-dealkylation sites (N-methyl/N-ethyl adjacent to an activating group) is 1. The lowest BCUT2D eigenvalue weighted by Crippen LogP contribution is -2.58. The third kappa shape index (κ3) is 4.99. The highest BCUT2D eigenvalue weighted by molar-refractivity contribution is 4.96. The highest BCUT2D eigenvalue weighted by atomic mass is 16.5. The van der Waals surface area contributed by atoms with Crippen LogP contribution in [0.1, 0.15) is 39.5 Å². The lowest BCUT2D eigenvalue weighted by molar-refractivity contribution is -0.0133. The van der Waals surface area contributed by atoms with Gasteiger partial charge >= 0.3 is 0 Å². The van der Waals surface area contributed by atoms with Gasteiger partial charge in [0.05, 0.1) is 6.10 Å². The van der Waals surface area contributed by atoms with Crippen molar-refractivity contribution in [2.24, 2.45) is 11.7 Å². The highest BCUT2D eigenvalue weighted by Gasteiger charge is 2.39. The molecule has 2 N–H and O–H groups in total. The van der Waals surface area contributed by atoms with Crippen molar-refractivity contribution in [3.05, 3.63) is 0 Å². The van der Waals surface area contributed by atoms with E-state index in [-0.39, 0.29) is 5.54 Å². The van der Waals surface area contributed by atoms with E-state index < -0.39 is 0 Å². The molecule has 0 unspecified atom stereocenters. The van der Waals surface area contributed by atoms with E-state index in [1.54, 1.807) is 0 Å². The summed E-state index contributed by atoms with van der Waals surface area (Å²) in [4.78, 5) is 4.92. The molecule has 20 heavy (non-hydrogen) atoms. The van der Waals surface area contributed by atoms with Gasteiger partial charge in [0.25, 0.3) is 0 Å². The average molecular weight is 285 g/mol. The second kappa shape index (κ2) is 8.32. The number of methoxy groups -OCH3 is 1. The Labute approximate surface area is 125 Å². The number of hydrogen-bond acceptors (Lipinski definition) is 4. The zero-order chi connectivity index (χ0) is 15.2. The Kier molecular flexibility index (Phi) is 7.45. The minimum atomic E-state index is 0.190. The molecule has 120 valence electrons. The van der Waals surface area contributed by atoms with Crippen LogP contribution >= 0.6 is 0 Å². The SMILES string of the molecule is COC1CCC(CN)(N(CCN(C)C)CC(C)C)CC1. The van der Waals surface area contributed by atoms with Gasteiger partial charge in [0, 0.05) is 38.8 Å². The molecular weight excluding hydrogens is 250 g/mol. The molecule has 1 aliphatic carbocycles. The molecule has 0 heterocycles. The Bertz CT molecular complexity index is 260. The Morgan fingerprint density at radius 1 is 1.20 bits per heavy atom. The van der Waals surface area contributed by atoms with Crippen molar-refractivity contribution in [2.45, 2.75) is 51.2 Å². The van der Waals surface area contributed by atoms with E-state index in [0.29, 0.717) is 12.0 Å². The quantitative estimate of drug-likeness (QED) is 0.738. The molecule has 0 spiro atoms. The van der Waals surface area contributed by atoms with E-state index >= 15 is 0 Å². The summed E-state index contributed by atoms with van der Waals surface area (Å²) in [5.41, 5.74) is 6.40. The van der Waals surface area contributed by atoms with Crippen molar-refractivity contribution in [1.82, 2.24) is 9.80 Å². The molecule has 0 aromatic rings. The van der Waals surface area contributed by atoms with Crippen molar-refractivity contribution in [1.29, 1.82) is 0 Å². The molecule has 0 radical (unpaired) electrons. The van der Waals surface area contributed by atoms with Crippen LogP contribution in [-0.4, -0.2) is 68.8 Å². The number of nitrogens with zero attached hydrogens (tertiary/aromatic N) is 2. The second-order valence-electron chi connectivity index (χ2n) is 7.01. The average Bonchev–Trinajstić information content (AvgIpc) is 2.43. The summed E-state index contributed by atoms with van der Waals surface area (Å²) < 4.78 is 5.52. The highest BCUT2D eigenvalue weighted by Crippen LogP contribution is 2.34. The predicted molar refractivity (Wildman–Crippen MR) is 86.0 cm³/mol. The summed E-state index contributed by atoms with van der Waals surface area (Å²) >= 11 is 0. The zero-order valence-electron chi connectivity index (χ0n) is 14.2. The molecule has 0 saturated heterocycles. The summed E-state index contributed by atoms with van der Waals surface area (Å²) in [7, 11) is 6.12. The van der Waals surface area contributed by atoms with E-state index in [0.717, 1.165) is 39.0 Å². The molecule has 0 aliphatic heterocycles. The first-order valence-electron chi connectivity index (χ1n) is 8.06. The zero-order valence-corrected chi connectivity index (χ0v) is 14.2. The van der Waals surface area contributed by atoms with Gasteiger partial charge in [0.1, 0.15) is 0 Å². The third-order valence-corrected chi connectivity index (χ3v) is 4.65. The van der Waals surface area contributed by atoms with Gasteiger partial charge in [-0.1, -0.05) is 13.8 Å². The van der Waals surface area contributed by atoms with E-state index in [4.69, 9.17) is 10.5 Å². The fraction of sp³-hybridized carbons (Fsp3) is 1.00. The molecule has 1 fully saturated rings. The predicted octanol–water partition coefficient (Wildman–Crippen LogP) is 1.79. The Hall–Kier alpha value is -0.160. The van der Waals surface area contributed by atoms with Crippen molar-refractivity contribution < 1.29 is 4.74 Å². The lowest BCUT2D eigenvalue weighted by Gasteiger charge is -2.48. The number of hydrogen-bond donors (Lipinski definition) is 1. The van der Waals surface area contributed by atoms with Crippen LogP contribution in [0, 0.1) is 5.92 Å². The van der Waals surface area contributed by atoms with Crippen LogP contribution in [0.15, 0.2) is 0 Å². The van der Waals surface area contributed by atoms with Gasteiger partial charge in [-0.05, 0) is 45.7 Å². The topological polar surface area (TPSA) is 41.7 Å². The number of nitrogens with two attached hydrogens (primary N) is 1. The fourth-order valence-corrected chi connectivity index (χ4v) is 3.30. The minimum Gasteiger partial charge on any atom is -0.381 e. The monoisotopic (exact) mass is 285 g/mol. The molecule has 0 aromatic carbocycles. The van der Waals surface area contributed by atoms with Crippen molar-refractivity contribution in [2.75, 3.05) is 47.4 Å². The van der Waals surface area contributed by atoms with Gasteiger partial charge in [0.2, 0.25) is 0 Å². The molecule has 0 bridgehead atoms. The third-order valence-electron chi connectivity index (χ3n) is 4.65. The van der Waals surface area contributed by atoms with Crippen LogP contribution in [0.4, 0.5) is 0 Å². The second-order valence-corrected chi connectivity index (χ2v) is 7.01. The normalized spacial score (nSPS) is 27.8. The van der Waals surface area contributed by atoms with Gasteiger partial charge in [-0.2, -0.15) is 0 Å². The van der Waals surface area contributed by atoms with Crippen LogP contribution in [0.5, 0.6) is 0 Å². The van der Waals surface area contributed by atoms with Crippen LogP contribution in [0.3, 0.4) is 0 Å². The lowest BCUT2D eigenvalue weighted by atomic mass is 9.78. The Balaban J connectivity index is 2.73. The maximum atomic E-state index is 6.21. The smallest absolute Gasteiger partial charge is 0.0572 e. The van der Waals surface area contributed by atoms with Gasteiger partial charge in [0.15, 0.2) is 0 Å². The van der Waals surface area contributed by atoms with Crippen LogP contribution in [0.2, 0.25) is 0 Å². The van der Waals surface area contributed by atoms with Crippen molar-refractivity contribution in [3.8, 4) is 0 Å². The molecule has 0 amide bonds. The molecule has 4 nitrogen and oxygen atoms in total.